The fourth-order valence-corrected chi connectivity index (χ4v) is 5.66. The SMILES string of the molecule is CCN(C(=O)C(C)NC(C)=O)[C@H]1CCC2(CCN(CCC(C)(C)C)CC2)c2ccccc21.[HH]. The van der Waals surface area contributed by atoms with Crippen molar-refractivity contribution < 1.29 is 11.0 Å². The molecule has 1 fully saturated rings. The Morgan fingerprint density at radius 2 is 1.88 bits per heavy atom. The van der Waals surface area contributed by atoms with Crippen LogP contribution >= 0.6 is 0 Å². The molecule has 1 aromatic carbocycles. The predicted molar refractivity (Wildman–Crippen MR) is 133 cm³/mol. The van der Waals surface area contributed by atoms with Gasteiger partial charge in [-0.1, -0.05) is 45.0 Å². The molecule has 1 aliphatic carbocycles. The van der Waals surface area contributed by atoms with Gasteiger partial charge in [0.2, 0.25) is 11.8 Å². The monoisotopic (exact) mass is 443 g/mol. The molecule has 0 saturated carbocycles. The van der Waals surface area contributed by atoms with Crippen LogP contribution in [0.15, 0.2) is 24.3 Å². The van der Waals surface area contributed by atoms with Crippen LogP contribution in [0.3, 0.4) is 0 Å². The Labute approximate surface area is 196 Å². The van der Waals surface area contributed by atoms with Gasteiger partial charge in [-0.2, -0.15) is 0 Å². The number of amides is 2. The summed E-state index contributed by atoms with van der Waals surface area (Å²) in [5.74, 6) is -0.154. The zero-order chi connectivity index (χ0) is 23.5. The zero-order valence-corrected chi connectivity index (χ0v) is 21.0. The quantitative estimate of drug-likeness (QED) is 0.680. The van der Waals surface area contributed by atoms with Crippen molar-refractivity contribution in [3.8, 4) is 0 Å². The maximum absolute atomic E-state index is 13.2. The van der Waals surface area contributed by atoms with Crippen LogP contribution in [0.4, 0.5) is 0 Å². The highest BCUT2D eigenvalue weighted by molar-refractivity contribution is 5.86. The van der Waals surface area contributed by atoms with Crippen molar-refractivity contribution in [2.24, 2.45) is 5.41 Å². The number of hydrogen-bond acceptors (Lipinski definition) is 3. The minimum absolute atomic E-state index is 0. The van der Waals surface area contributed by atoms with Crippen molar-refractivity contribution in [3.63, 3.8) is 0 Å². The molecule has 0 bridgehead atoms. The van der Waals surface area contributed by atoms with Crippen molar-refractivity contribution in [1.29, 1.82) is 0 Å². The van der Waals surface area contributed by atoms with Crippen molar-refractivity contribution in [2.45, 2.75) is 91.1 Å². The van der Waals surface area contributed by atoms with E-state index in [1.54, 1.807) is 6.92 Å². The van der Waals surface area contributed by atoms with E-state index in [0.29, 0.717) is 12.0 Å². The van der Waals surface area contributed by atoms with Gasteiger partial charge in [-0.15, -0.1) is 0 Å². The highest BCUT2D eigenvalue weighted by atomic mass is 16.2. The first-order valence-corrected chi connectivity index (χ1v) is 12.5. The normalized spacial score (nSPS) is 21.6. The Kier molecular flexibility index (Phi) is 7.69. The number of carbonyl (C=O) groups is 2. The van der Waals surface area contributed by atoms with Gasteiger partial charge < -0.3 is 15.1 Å². The molecule has 1 unspecified atom stereocenters. The minimum atomic E-state index is -0.499. The van der Waals surface area contributed by atoms with Crippen LogP contribution in [0.1, 0.15) is 92.2 Å². The van der Waals surface area contributed by atoms with E-state index in [9.17, 15) is 9.59 Å². The molecule has 2 amide bonds. The predicted octanol–water partition coefficient (Wildman–Crippen LogP) is 4.91. The minimum Gasteiger partial charge on any atom is -0.345 e. The van der Waals surface area contributed by atoms with E-state index in [-0.39, 0.29) is 24.7 Å². The third kappa shape index (κ3) is 5.54. The highest BCUT2D eigenvalue weighted by Gasteiger charge is 2.43. The average Bonchev–Trinajstić information content (AvgIpc) is 2.74. The topological polar surface area (TPSA) is 52.7 Å². The van der Waals surface area contributed by atoms with Gasteiger partial charge in [0.15, 0.2) is 0 Å². The highest BCUT2D eigenvalue weighted by Crippen LogP contribution is 2.49. The number of hydrogen-bond donors (Lipinski definition) is 1. The largest absolute Gasteiger partial charge is 0.345 e. The molecule has 180 valence electrons. The number of piperidine rings is 1. The number of benzene rings is 1. The van der Waals surface area contributed by atoms with E-state index in [2.05, 4.69) is 55.3 Å². The molecule has 1 heterocycles. The zero-order valence-electron chi connectivity index (χ0n) is 21.0. The number of fused-ring (bicyclic) bond motifs is 2. The molecule has 1 saturated heterocycles. The molecule has 1 aromatic rings. The first-order chi connectivity index (χ1) is 15.1. The van der Waals surface area contributed by atoms with Gasteiger partial charge >= 0.3 is 0 Å². The second-order valence-corrected chi connectivity index (χ2v) is 11.1. The van der Waals surface area contributed by atoms with E-state index < -0.39 is 6.04 Å². The Bertz CT molecular complexity index is 812. The molecule has 2 atom stereocenters. The van der Waals surface area contributed by atoms with Crippen molar-refractivity contribution in [3.05, 3.63) is 35.4 Å². The number of likely N-dealkylation sites (tertiary alicyclic amines) is 1. The summed E-state index contributed by atoms with van der Waals surface area (Å²) in [6, 6.07) is 8.39. The van der Waals surface area contributed by atoms with Crippen LogP contribution in [0.2, 0.25) is 0 Å². The van der Waals surface area contributed by atoms with Gasteiger partial charge in [-0.3, -0.25) is 9.59 Å². The molecule has 1 spiro atoms. The molecular weight excluding hydrogens is 398 g/mol. The van der Waals surface area contributed by atoms with Crippen LogP contribution < -0.4 is 5.32 Å². The summed E-state index contributed by atoms with van der Waals surface area (Å²) in [5, 5.41) is 2.77. The molecule has 5 heteroatoms. The van der Waals surface area contributed by atoms with E-state index in [4.69, 9.17) is 0 Å². The summed E-state index contributed by atoms with van der Waals surface area (Å²) in [6.45, 7) is 16.4. The maximum Gasteiger partial charge on any atom is 0.245 e. The fraction of sp³-hybridized carbons (Fsp3) is 0.704. The van der Waals surface area contributed by atoms with Crippen molar-refractivity contribution in [2.75, 3.05) is 26.2 Å². The van der Waals surface area contributed by atoms with E-state index in [0.717, 1.165) is 25.9 Å². The van der Waals surface area contributed by atoms with E-state index in [1.165, 1.54) is 43.9 Å². The molecule has 1 N–H and O–H groups in total. The Balaban J connectivity index is 0.00000385. The maximum atomic E-state index is 13.2. The third-order valence-corrected chi connectivity index (χ3v) is 7.57. The number of carbonyl (C=O) groups excluding carboxylic acids is 2. The molecule has 0 aromatic heterocycles. The summed E-state index contributed by atoms with van der Waals surface area (Å²) >= 11 is 0. The van der Waals surface area contributed by atoms with Gasteiger partial charge in [-0.05, 0) is 87.5 Å². The van der Waals surface area contributed by atoms with Crippen LogP contribution in [0, 0.1) is 5.41 Å². The van der Waals surface area contributed by atoms with Gasteiger partial charge in [0.25, 0.3) is 0 Å². The molecular formula is C27H45N3O2. The first kappa shape index (κ1) is 24.8. The van der Waals surface area contributed by atoms with Gasteiger partial charge in [0, 0.05) is 14.9 Å². The fourth-order valence-electron chi connectivity index (χ4n) is 5.66. The van der Waals surface area contributed by atoms with Crippen LogP contribution in [0.25, 0.3) is 0 Å². The lowest BCUT2D eigenvalue weighted by Crippen LogP contribution is -2.50. The van der Waals surface area contributed by atoms with E-state index >= 15 is 0 Å². The third-order valence-electron chi connectivity index (χ3n) is 7.57. The standard InChI is InChI=1S/C27H43N3O2.H2/c1-7-30(25(32)20(2)28-21(3)31)24-12-13-27(23-11-9-8-10-22(23)24)15-18-29(19-16-27)17-14-26(4,5)6;/h8-11,20,24H,7,12-19H2,1-6H3,(H,28,31);1H/t20?,24-;/m0./s1. The van der Waals surface area contributed by atoms with Crippen LogP contribution in [0.5, 0.6) is 0 Å². The van der Waals surface area contributed by atoms with Gasteiger partial charge in [-0.25, -0.2) is 0 Å². The second-order valence-electron chi connectivity index (χ2n) is 11.1. The lowest BCUT2D eigenvalue weighted by atomic mass is 9.63. The van der Waals surface area contributed by atoms with Crippen molar-refractivity contribution >= 4 is 11.8 Å². The molecule has 3 rings (SSSR count). The summed E-state index contributed by atoms with van der Waals surface area (Å²) in [5.41, 5.74) is 3.37. The smallest absolute Gasteiger partial charge is 0.245 e. The van der Waals surface area contributed by atoms with Crippen LogP contribution in [-0.2, 0) is 15.0 Å². The van der Waals surface area contributed by atoms with Gasteiger partial charge in [0.05, 0.1) is 6.04 Å². The summed E-state index contributed by atoms with van der Waals surface area (Å²) < 4.78 is 0. The average molecular weight is 444 g/mol. The lowest BCUT2D eigenvalue weighted by Gasteiger charge is -2.49. The second kappa shape index (κ2) is 9.94. The lowest BCUT2D eigenvalue weighted by molar-refractivity contribution is -0.138. The van der Waals surface area contributed by atoms with E-state index in [1.807, 2.05) is 11.8 Å². The Morgan fingerprint density at radius 3 is 2.47 bits per heavy atom. The van der Waals surface area contributed by atoms with Gasteiger partial charge in [0.1, 0.15) is 6.04 Å². The number of rotatable bonds is 6. The molecule has 5 nitrogen and oxygen atoms in total. The molecule has 1 aliphatic heterocycles. The molecule has 0 radical (unpaired) electrons. The number of nitrogens with zero attached hydrogens (tertiary/aromatic N) is 2. The van der Waals surface area contributed by atoms with Crippen molar-refractivity contribution in [1.82, 2.24) is 15.1 Å². The summed E-state index contributed by atoms with van der Waals surface area (Å²) in [7, 11) is 0. The van der Waals surface area contributed by atoms with Crippen LogP contribution in [-0.4, -0.2) is 53.8 Å². The molecule has 32 heavy (non-hydrogen) atoms. The number of likely N-dealkylation sites (N-methyl/N-ethyl adjacent to an activating group) is 1. The number of nitrogens with one attached hydrogen (secondary N) is 1. The Morgan fingerprint density at radius 1 is 1.22 bits per heavy atom. The first-order valence-electron chi connectivity index (χ1n) is 12.5. The molecule has 2 aliphatic rings. The summed E-state index contributed by atoms with van der Waals surface area (Å²) in [4.78, 5) is 29.3. The summed E-state index contributed by atoms with van der Waals surface area (Å²) in [6.07, 6.45) is 5.75. The Hall–Kier alpha value is -1.88.